The van der Waals surface area contributed by atoms with E-state index in [9.17, 15) is 9.18 Å². The minimum Gasteiger partial charge on any atom is -0.454 e. The van der Waals surface area contributed by atoms with E-state index in [0.717, 1.165) is 11.3 Å². The highest BCUT2D eigenvalue weighted by Crippen LogP contribution is 2.32. The molecule has 1 aliphatic heterocycles. The normalized spacial score (nSPS) is 12.5. The summed E-state index contributed by atoms with van der Waals surface area (Å²) in [6.07, 6.45) is 0. The number of carbonyl (C=O) groups is 1. The van der Waals surface area contributed by atoms with Gasteiger partial charge in [-0.1, -0.05) is 24.6 Å². The van der Waals surface area contributed by atoms with E-state index in [1.54, 1.807) is 0 Å². The van der Waals surface area contributed by atoms with Gasteiger partial charge in [0.1, 0.15) is 5.82 Å². The minimum absolute atomic E-state index is 0.0802. The van der Waals surface area contributed by atoms with Crippen molar-refractivity contribution in [2.75, 3.05) is 25.2 Å². The van der Waals surface area contributed by atoms with Crippen LogP contribution in [0.15, 0.2) is 36.4 Å². The Kier molecular flexibility index (Phi) is 5.40. The van der Waals surface area contributed by atoms with Crippen molar-refractivity contribution in [2.24, 2.45) is 0 Å². The van der Waals surface area contributed by atoms with Crippen LogP contribution in [0.5, 0.6) is 11.5 Å². The first-order chi connectivity index (χ1) is 12.0. The lowest BCUT2D eigenvalue weighted by Gasteiger charge is -2.20. The molecule has 0 aromatic heterocycles. The maximum absolute atomic E-state index is 13.7. The van der Waals surface area contributed by atoms with Crippen LogP contribution in [0, 0.1) is 5.82 Å². The molecule has 1 aliphatic rings. The molecule has 1 N–H and O–H groups in total. The van der Waals surface area contributed by atoms with Gasteiger partial charge in [0.15, 0.2) is 11.5 Å². The molecular weight excluding hydrogens is 347 g/mol. The predicted octanol–water partition coefficient (Wildman–Crippen LogP) is 3.67. The van der Waals surface area contributed by atoms with Gasteiger partial charge in [-0.2, -0.15) is 0 Å². The number of hydrogen-bond donors (Lipinski definition) is 1. The quantitative estimate of drug-likeness (QED) is 0.849. The molecule has 2 aromatic rings. The van der Waals surface area contributed by atoms with Crippen molar-refractivity contribution in [3.05, 3.63) is 52.8 Å². The van der Waals surface area contributed by atoms with Crippen LogP contribution in [0.2, 0.25) is 5.02 Å². The van der Waals surface area contributed by atoms with E-state index in [0.29, 0.717) is 23.9 Å². The van der Waals surface area contributed by atoms with Crippen molar-refractivity contribution < 1.29 is 18.7 Å². The lowest BCUT2D eigenvalue weighted by atomic mass is 10.2. The number of ether oxygens (including phenoxy) is 2. The van der Waals surface area contributed by atoms with Gasteiger partial charge in [0.25, 0.3) is 0 Å². The minimum atomic E-state index is -0.517. The molecular formula is C18H18ClFN2O3. The molecule has 0 fully saturated rings. The second kappa shape index (κ2) is 7.72. The largest absolute Gasteiger partial charge is 0.454 e. The highest BCUT2D eigenvalue weighted by molar-refractivity contribution is 6.30. The number of likely N-dealkylation sites (N-methyl/N-ethyl adjacent to an activating group) is 1. The monoisotopic (exact) mass is 364 g/mol. The standard InChI is InChI=1S/C18H18ClFN2O3/c1-2-22(9-12-3-6-16-17(7-12)25-11-24-16)10-18(23)21-15-8-13(19)4-5-14(15)20/h3-8H,2,9-11H2,1H3,(H,21,23). The fourth-order valence-electron chi connectivity index (χ4n) is 2.56. The maximum Gasteiger partial charge on any atom is 0.238 e. The van der Waals surface area contributed by atoms with Crippen molar-refractivity contribution in [2.45, 2.75) is 13.5 Å². The number of fused-ring (bicyclic) bond motifs is 1. The number of amides is 1. The molecule has 132 valence electrons. The van der Waals surface area contributed by atoms with Crippen LogP contribution in [0.25, 0.3) is 0 Å². The van der Waals surface area contributed by atoms with Crippen LogP contribution in [0.4, 0.5) is 10.1 Å². The number of carbonyl (C=O) groups excluding carboxylic acids is 1. The molecule has 0 bridgehead atoms. The van der Waals surface area contributed by atoms with E-state index >= 15 is 0 Å². The van der Waals surface area contributed by atoms with Gasteiger partial charge in [-0.15, -0.1) is 0 Å². The molecule has 5 nitrogen and oxygen atoms in total. The topological polar surface area (TPSA) is 50.8 Å². The summed E-state index contributed by atoms with van der Waals surface area (Å²) in [5.74, 6) is 0.611. The molecule has 0 aliphatic carbocycles. The molecule has 25 heavy (non-hydrogen) atoms. The van der Waals surface area contributed by atoms with Crippen LogP contribution < -0.4 is 14.8 Å². The van der Waals surface area contributed by atoms with Gasteiger partial charge in [0, 0.05) is 11.6 Å². The Morgan fingerprint density at radius 3 is 2.84 bits per heavy atom. The summed E-state index contributed by atoms with van der Waals surface area (Å²) >= 11 is 5.84. The first-order valence-corrected chi connectivity index (χ1v) is 8.28. The summed E-state index contributed by atoms with van der Waals surface area (Å²) in [4.78, 5) is 14.2. The predicted molar refractivity (Wildman–Crippen MR) is 93.6 cm³/mol. The molecule has 7 heteroatoms. The van der Waals surface area contributed by atoms with Gasteiger partial charge in [-0.3, -0.25) is 9.69 Å². The van der Waals surface area contributed by atoms with Gasteiger partial charge < -0.3 is 14.8 Å². The van der Waals surface area contributed by atoms with Crippen LogP contribution in [-0.2, 0) is 11.3 Å². The number of hydrogen-bond acceptors (Lipinski definition) is 4. The molecule has 0 saturated heterocycles. The number of rotatable bonds is 6. The van der Waals surface area contributed by atoms with E-state index in [2.05, 4.69) is 5.32 Å². The number of halogens is 2. The summed E-state index contributed by atoms with van der Waals surface area (Å²) in [6, 6.07) is 9.74. The van der Waals surface area contributed by atoms with Crippen LogP contribution in [0.3, 0.4) is 0 Å². The summed E-state index contributed by atoms with van der Waals surface area (Å²) in [7, 11) is 0. The Morgan fingerprint density at radius 1 is 1.24 bits per heavy atom. The third kappa shape index (κ3) is 4.41. The number of anilines is 1. The Bertz CT molecular complexity index is 785. The smallest absolute Gasteiger partial charge is 0.238 e. The Labute approximate surface area is 150 Å². The Balaban J connectivity index is 1.61. The zero-order chi connectivity index (χ0) is 17.8. The van der Waals surface area contributed by atoms with Gasteiger partial charge in [-0.05, 0) is 42.4 Å². The fraction of sp³-hybridized carbons (Fsp3) is 0.278. The molecule has 1 heterocycles. The van der Waals surface area contributed by atoms with Crippen molar-refractivity contribution in [3.63, 3.8) is 0 Å². The van der Waals surface area contributed by atoms with E-state index in [1.807, 2.05) is 30.0 Å². The first-order valence-electron chi connectivity index (χ1n) is 7.91. The Morgan fingerprint density at radius 2 is 2.04 bits per heavy atom. The lowest BCUT2D eigenvalue weighted by molar-refractivity contribution is -0.117. The Hall–Kier alpha value is -2.31. The summed E-state index contributed by atoms with van der Waals surface area (Å²) in [5.41, 5.74) is 1.09. The summed E-state index contributed by atoms with van der Waals surface area (Å²) in [5, 5.41) is 2.92. The van der Waals surface area contributed by atoms with Gasteiger partial charge in [-0.25, -0.2) is 4.39 Å². The second-order valence-corrected chi connectivity index (χ2v) is 6.10. The van der Waals surface area contributed by atoms with E-state index < -0.39 is 5.82 Å². The third-order valence-corrected chi connectivity index (χ3v) is 4.10. The van der Waals surface area contributed by atoms with Gasteiger partial charge in [0.05, 0.1) is 12.2 Å². The zero-order valence-electron chi connectivity index (χ0n) is 13.7. The number of nitrogens with zero attached hydrogens (tertiary/aromatic N) is 1. The van der Waals surface area contributed by atoms with Crippen molar-refractivity contribution in [1.82, 2.24) is 4.90 Å². The van der Waals surface area contributed by atoms with E-state index in [4.69, 9.17) is 21.1 Å². The molecule has 1 amide bonds. The molecule has 0 atom stereocenters. The van der Waals surface area contributed by atoms with Crippen LogP contribution in [0.1, 0.15) is 12.5 Å². The van der Waals surface area contributed by atoms with Crippen molar-refractivity contribution in [1.29, 1.82) is 0 Å². The molecule has 0 saturated carbocycles. The number of nitrogens with one attached hydrogen (secondary N) is 1. The highest BCUT2D eigenvalue weighted by atomic mass is 35.5. The van der Waals surface area contributed by atoms with E-state index in [1.165, 1.54) is 18.2 Å². The fourth-order valence-corrected chi connectivity index (χ4v) is 2.74. The molecule has 3 rings (SSSR count). The molecule has 0 spiro atoms. The number of benzene rings is 2. The van der Waals surface area contributed by atoms with Crippen molar-refractivity contribution in [3.8, 4) is 11.5 Å². The average Bonchev–Trinajstić information content (AvgIpc) is 3.05. The first kappa shape index (κ1) is 17.5. The highest BCUT2D eigenvalue weighted by Gasteiger charge is 2.16. The maximum atomic E-state index is 13.7. The molecule has 2 aromatic carbocycles. The zero-order valence-corrected chi connectivity index (χ0v) is 14.5. The van der Waals surface area contributed by atoms with Gasteiger partial charge in [0.2, 0.25) is 12.7 Å². The summed E-state index contributed by atoms with van der Waals surface area (Å²) in [6.45, 7) is 3.56. The average molecular weight is 365 g/mol. The van der Waals surface area contributed by atoms with Crippen LogP contribution in [-0.4, -0.2) is 30.7 Å². The van der Waals surface area contributed by atoms with Gasteiger partial charge >= 0.3 is 0 Å². The van der Waals surface area contributed by atoms with E-state index in [-0.39, 0.29) is 24.9 Å². The van der Waals surface area contributed by atoms with Crippen LogP contribution >= 0.6 is 11.6 Å². The molecule has 0 radical (unpaired) electrons. The second-order valence-electron chi connectivity index (χ2n) is 5.66. The molecule has 0 unspecified atom stereocenters. The summed E-state index contributed by atoms with van der Waals surface area (Å²) < 4.78 is 24.4. The SMILES string of the molecule is CCN(CC(=O)Nc1cc(Cl)ccc1F)Cc1ccc2c(c1)OCO2. The van der Waals surface area contributed by atoms with Crippen molar-refractivity contribution >= 4 is 23.2 Å². The lowest BCUT2D eigenvalue weighted by Crippen LogP contribution is -2.33. The third-order valence-electron chi connectivity index (χ3n) is 3.86.